The number of nitrogens with zero attached hydrogens (tertiary/aromatic N) is 2. The number of aryl methyl sites for hydroxylation is 1. The second-order valence-electron chi connectivity index (χ2n) is 7.61. The Bertz CT molecular complexity index is 1390. The highest BCUT2D eigenvalue weighted by atomic mass is 32.1. The first-order valence-electron chi connectivity index (χ1n) is 10.4. The highest BCUT2D eigenvalue weighted by Gasteiger charge is 2.48. The van der Waals surface area contributed by atoms with Gasteiger partial charge < -0.3 is 9.84 Å². The van der Waals surface area contributed by atoms with Gasteiger partial charge in [0.15, 0.2) is 5.13 Å². The van der Waals surface area contributed by atoms with E-state index in [9.17, 15) is 14.7 Å². The number of benzene rings is 2. The monoisotopic (exact) mass is 476 g/mol. The molecule has 6 nitrogen and oxygen atoms in total. The van der Waals surface area contributed by atoms with Gasteiger partial charge in [0, 0.05) is 10.4 Å². The first-order chi connectivity index (χ1) is 16.0. The summed E-state index contributed by atoms with van der Waals surface area (Å²) in [6, 6.07) is 15.7. The Balaban J connectivity index is 1.66. The van der Waals surface area contributed by atoms with Crippen LogP contribution >= 0.6 is 22.7 Å². The third-order valence-electron chi connectivity index (χ3n) is 5.45. The van der Waals surface area contributed by atoms with Crippen molar-refractivity contribution < 1.29 is 19.4 Å². The second kappa shape index (κ2) is 8.46. The maximum Gasteiger partial charge on any atom is 0.301 e. The van der Waals surface area contributed by atoms with Crippen LogP contribution in [0.25, 0.3) is 16.0 Å². The number of thiophene rings is 1. The van der Waals surface area contributed by atoms with Crippen molar-refractivity contribution in [1.82, 2.24) is 4.98 Å². The Morgan fingerprint density at radius 3 is 2.64 bits per heavy atom. The number of carbonyl (C=O) groups is 2. The number of ether oxygens (including phenoxy) is 1. The molecule has 2 aromatic heterocycles. The first-order valence-corrected chi connectivity index (χ1v) is 12.1. The maximum absolute atomic E-state index is 13.2. The molecule has 8 heteroatoms. The van der Waals surface area contributed by atoms with Gasteiger partial charge in [0.2, 0.25) is 0 Å². The minimum Gasteiger partial charge on any atom is -0.507 e. The molecule has 0 spiro atoms. The summed E-state index contributed by atoms with van der Waals surface area (Å²) in [6.45, 7) is 4.40. The Hall–Kier alpha value is -3.49. The lowest BCUT2D eigenvalue weighted by Gasteiger charge is -2.21. The van der Waals surface area contributed by atoms with E-state index in [4.69, 9.17) is 4.74 Å². The van der Waals surface area contributed by atoms with E-state index in [1.165, 1.54) is 27.6 Å². The van der Waals surface area contributed by atoms with E-state index in [0.29, 0.717) is 22.8 Å². The maximum atomic E-state index is 13.2. The number of hydrogen-bond donors (Lipinski definition) is 1. The molecule has 1 saturated heterocycles. The number of thiazole rings is 1. The van der Waals surface area contributed by atoms with Crippen molar-refractivity contribution in [3.8, 4) is 5.75 Å². The molecule has 0 radical (unpaired) electrons. The molecule has 33 heavy (non-hydrogen) atoms. The molecule has 5 rings (SSSR count). The average molecular weight is 477 g/mol. The van der Waals surface area contributed by atoms with Gasteiger partial charge >= 0.3 is 5.91 Å². The molecule has 1 N–H and O–H groups in total. The molecule has 0 aliphatic carbocycles. The van der Waals surface area contributed by atoms with Gasteiger partial charge in [-0.05, 0) is 43.5 Å². The number of aliphatic hydroxyl groups is 1. The zero-order valence-corrected chi connectivity index (χ0v) is 19.6. The van der Waals surface area contributed by atoms with Gasteiger partial charge in [0.1, 0.15) is 17.6 Å². The van der Waals surface area contributed by atoms with Gasteiger partial charge in [0.05, 0.1) is 22.4 Å². The van der Waals surface area contributed by atoms with Crippen LogP contribution in [-0.2, 0) is 9.59 Å². The summed E-state index contributed by atoms with van der Waals surface area (Å²) < 4.78 is 6.43. The Kier molecular flexibility index (Phi) is 5.47. The number of hydrogen-bond acceptors (Lipinski definition) is 7. The molecule has 1 atom stereocenters. The highest BCUT2D eigenvalue weighted by Crippen LogP contribution is 2.45. The molecule has 1 aliphatic rings. The van der Waals surface area contributed by atoms with Gasteiger partial charge in [-0.1, -0.05) is 47.2 Å². The second-order valence-corrected chi connectivity index (χ2v) is 9.60. The lowest BCUT2D eigenvalue weighted by atomic mass is 9.99. The lowest BCUT2D eigenvalue weighted by molar-refractivity contribution is -0.132. The van der Waals surface area contributed by atoms with Crippen LogP contribution in [-0.4, -0.2) is 28.4 Å². The molecule has 1 fully saturated rings. The zero-order chi connectivity index (χ0) is 23.1. The topological polar surface area (TPSA) is 79.7 Å². The third-order valence-corrected chi connectivity index (χ3v) is 7.39. The number of Topliss-reactive ketones (excluding diaryl/α,β-unsaturated/α-hetero) is 1. The predicted octanol–water partition coefficient (Wildman–Crippen LogP) is 5.69. The van der Waals surface area contributed by atoms with Gasteiger partial charge in [-0.2, -0.15) is 0 Å². The fourth-order valence-corrected chi connectivity index (χ4v) is 5.71. The minimum atomic E-state index is -0.752. The van der Waals surface area contributed by atoms with Crippen molar-refractivity contribution in [2.24, 2.45) is 0 Å². The standard InChI is InChI=1S/C25H20N2O4S2/c1-3-31-16-10-11-17-19(13-16)33-25(26-17)27-21(18-5-4-12-32-18)20(23(29)24(27)30)22(28)15-8-6-14(2)7-9-15/h4-13,21,28H,3H2,1-2H3. The Morgan fingerprint density at radius 1 is 1.15 bits per heavy atom. The summed E-state index contributed by atoms with van der Waals surface area (Å²) in [5.74, 6) is -0.891. The number of carbonyl (C=O) groups excluding carboxylic acids is 2. The summed E-state index contributed by atoms with van der Waals surface area (Å²) in [6.07, 6.45) is 0. The van der Waals surface area contributed by atoms with Crippen molar-refractivity contribution in [3.05, 3.63) is 81.6 Å². The SMILES string of the molecule is CCOc1ccc2nc(N3C(=O)C(=O)C(=C(O)c4ccc(C)cc4)C3c3cccs3)sc2c1. The van der Waals surface area contributed by atoms with E-state index in [2.05, 4.69) is 4.98 Å². The van der Waals surface area contributed by atoms with Crippen LogP contribution in [0.2, 0.25) is 0 Å². The van der Waals surface area contributed by atoms with Crippen LogP contribution in [0, 0.1) is 6.92 Å². The summed E-state index contributed by atoms with van der Waals surface area (Å²) >= 11 is 2.74. The summed E-state index contributed by atoms with van der Waals surface area (Å²) in [5, 5.41) is 13.4. The Morgan fingerprint density at radius 2 is 1.94 bits per heavy atom. The van der Waals surface area contributed by atoms with Crippen LogP contribution in [0.4, 0.5) is 5.13 Å². The molecule has 1 unspecified atom stereocenters. The number of fused-ring (bicyclic) bond motifs is 1. The molecule has 4 aromatic rings. The molecule has 166 valence electrons. The van der Waals surface area contributed by atoms with Gasteiger partial charge in [-0.25, -0.2) is 4.98 Å². The highest BCUT2D eigenvalue weighted by molar-refractivity contribution is 7.22. The van der Waals surface area contributed by atoms with Crippen molar-refractivity contribution in [3.63, 3.8) is 0 Å². The number of anilines is 1. The van der Waals surface area contributed by atoms with Gasteiger partial charge in [-0.15, -0.1) is 11.3 Å². The number of aliphatic hydroxyl groups excluding tert-OH is 1. The lowest BCUT2D eigenvalue weighted by Crippen LogP contribution is -2.28. The number of amides is 1. The van der Waals surface area contributed by atoms with Crippen LogP contribution in [0.5, 0.6) is 5.75 Å². The van der Waals surface area contributed by atoms with E-state index >= 15 is 0 Å². The third kappa shape index (κ3) is 3.71. The van der Waals surface area contributed by atoms with Crippen LogP contribution in [0.15, 0.2) is 65.6 Å². The van der Waals surface area contributed by atoms with E-state index in [-0.39, 0.29) is 11.3 Å². The summed E-state index contributed by atoms with van der Waals surface area (Å²) in [7, 11) is 0. The van der Waals surface area contributed by atoms with E-state index < -0.39 is 17.7 Å². The normalized spacial score (nSPS) is 17.8. The van der Waals surface area contributed by atoms with Crippen LogP contribution in [0.3, 0.4) is 0 Å². The molecule has 1 aliphatic heterocycles. The van der Waals surface area contributed by atoms with E-state index in [1.807, 2.05) is 61.7 Å². The number of aromatic nitrogens is 1. The zero-order valence-electron chi connectivity index (χ0n) is 17.9. The minimum absolute atomic E-state index is 0.0700. The fourth-order valence-electron chi connectivity index (χ4n) is 3.87. The number of rotatable bonds is 5. The van der Waals surface area contributed by atoms with Crippen molar-refractivity contribution in [2.45, 2.75) is 19.9 Å². The molecular weight excluding hydrogens is 456 g/mol. The summed E-state index contributed by atoms with van der Waals surface area (Å²) in [5.41, 5.74) is 2.30. The fraction of sp³-hybridized carbons (Fsp3) is 0.160. The predicted molar refractivity (Wildman–Crippen MR) is 131 cm³/mol. The molecule has 0 saturated carbocycles. The van der Waals surface area contributed by atoms with Crippen molar-refractivity contribution in [2.75, 3.05) is 11.5 Å². The van der Waals surface area contributed by atoms with Gasteiger partial charge in [0.25, 0.3) is 5.78 Å². The van der Waals surface area contributed by atoms with E-state index in [1.54, 1.807) is 12.1 Å². The molecule has 1 amide bonds. The molecule has 3 heterocycles. The van der Waals surface area contributed by atoms with Crippen LogP contribution in [0.1, 0.15) is 29.0 Å². The number of ketones is 1. The molecular formula is C25H20N2O4S2. The summed E-state index contributed by atoms with van der Waals surface area (Å²) in [4.78, 5) is 33.2. The molecule has 2 aromatic carbocycles. The van der Waals surface area contributed by atoms with Crippen LogP contribution < -0.4 is 9.64 Å². The quantitative estimate of drug-likeness (QED) is 0.227. The average Bonchev–Trinajstić information content (AvgIpc) is 3.53. The van der Waals surface area contributed by atoms with E-state index in [0.717, 1.165) is 20.9 Å². The van der Waals surface area contributed by atoms with Gasteiger partial charge in [-0.3, -0.25) is 14.5 Å². The van der Waals surface area contributed by atoms with Crippen molar-refractivity contribution in [1.29, 1.82) is 0 Å². The smallest absolute Gasteiger partial charge is 0.301 e. The largest absolute Gasteiger partial charge is 0.507 e. The Labute approximate surface area is 198 Å². The first kappa shape index (κ1) is 21.4. The molecule has 0 bridgehead atoms. The van der Waals surface area contributed by atoms with Crippen molar-refractivity contribution >= 4 is 55.5 Å².